The van der Waals surface area contributed by atoms with Gasteiger partial charge in [0.05, 0.1) is 13.5 Å². The molecule has 106 valence electrons. The van der Waals surface area contributed by atoms with Crippen molar-refractivity contribution in [2.24, 2.45) is 0 Å². The van der Waals surface area contributed by atoms with Crippen molar-refractivity contribution in [1.82, 2.24) is 4.98 Å². The minimum absolute atomic E-state index is 0.0575. The highest BCUT2D eigenvalue weighted by Crippen LogP contribution is 2.45. The molecule has 1 aliphatic rings. The first-order chi connectivity index (χ1) is 10.2. The van der Waals surface area contributed by atoms with Crippen molar-refractivity contribution >= 4 is 17.6 Å². The summed E-state index contributed by atoms with van der Waals surface area (Å²) in [5, 5.41) is 2.84. The summed E-state index contributed by atoms with van der Waals surface area (Å²) >= 11 is 0. The van der Waals surface area contributed by atoms with Gasteiger partial charge in [-0.1, -0.05) is 24.3 Å². The molecule has 1 N–H and O–H groups in total. The molecule has 0 saturated carbocycles. The number of pyridine rings is 1. The lowest BCUT2D eigenvalue weighted by Gasteiger charge is -2.26. The van der Waals surface area contributed by atoms with E-state index in [4.69, 9.17) is 4.74 Å². The number of aromatic nitrogens is 1. The lowest BCUT2D eigenvalue weighted by molar-refractivity contribution is -0.143. The summed E-state index contributed by atoms with van der Waals surface area (Å²) in [5.41, 5.74) is 1.08. The van der Waals surface area contributed by atoms with E-state index in [2.05, 4.69) is 10.3 Å². The average molecular weight is 282 g/mol. The molecule has 0 aliphatic carbocycles. The molecule has 0 spiro atoms. The minimum Gasteiger partial charge on any atom is -0.469 e. The van der Waals surface area contributed by atoms with Crippen molar-refractivity contribution in [3.05, 3.63) is 59.9 Å². The summed E-state index contributed by atoms with van der Waals surface area (Å²) in [6.45, 7) is 0. The number of hydrogen-bond acceptors (Lipinski definition) is 4. The van der Waals surface area contributed by atoms with Crippen LogP contribution < -0.4 is 5.32 Å². The summed E-state index contributed by atoms with van der Waals surface area (Å²) in [6.07, 6.45) is 3.19. The zero-order chi connectivity index (χ0) is 14.9. The molecular formula is C16H14N2O3. The first kappa shape index (κ1) is 13.3. The zero-order valence-corrected chi connectivity index (χ0v) is 11.5. The number of methoxy groups -OCH3 is 1. The lowest BCUT2D eigenvalue weighted by atomic mass is 9.73. The van der Waals surface area contributed by atoms with Gasteiger partial charge >= 0.3 is 5.97 Å². The van der Waals surface area contributed by atoms with E-state index in [1.165, 1.54) is 7.11 Å². The van der Waals surface area contributed by atoms with Crippen LogP contribution in [0.5, 0.6) is 0 Å². The number of fused-ring (bicyclic) bond motifs is 1. The summed E-state index contributed by atoms with van der Waals surface area (Å²) in [5.74, 6) is -0.673. The van der Waals surface area contributed by atoms with Crippen LogP contribution in [-0.4, -0.2) is 24.0 Å². The van der Waals surface area contributed by atoms with Gasteiger partial charge in [0.25, 0.3) is 0 Å². The largest absolute Gasteiger partial charge is 0.469 e. The van der Waals surface area contributed by atoms with Gasteiger partial charge in [-0.25, -0.2) is 0 Å². The SMILES string of the molecule is COC(=O)CC1(c2cccnc2)C(=O)Nc2ccccc21. The Bertz CT molecular complexity index is 700. The number of benzene rings is 1. The fourth-order valence-electron chi connectivity index (χ4n) is 2.78. The van der Waals surface area contributed by atoms with Gasteiger partial charge in [0, 0.05) is 18.1 Å². The molecule has 5 nitrogen and oxygen atoms in total. The molecule has 2 heterocycles. The molecule has 1 unspecified atom stereocenters. The van der Waals surface area contributed by atoms with Crippen LogP contribution in [0.3, 0.4) is 0 Å². The summed E-state index contributed by atoms with van der Waals surface area (Å²) in [4.78, 5) is 28.6. The molecule has 1 amide bonds. The van der Waals surface area contributed by atoms with E-state index in [-0.39, 0.29) is 12.3 Å². The van der Waals surface area contributed by atoms with Gasteiger partial charge < -0.3 is 10.1 Å². The lowest BCUT2D eigenvalue weighted by Crippen LogP contribution is -2.38. The normalized spacial score (nSPS) is 19.8. The Hall–Kier alpha value is -2.69. The fraction of sp³-hybridized carbons (Fsp3) is 0.188. The standard InChI is InChI=1S/C16H14N2O3/c1-21-14(19)9-16(11-5-4-8-17-10-11)12-6-2-3-7-13(12)18-15(16)20/h2-8,10H,9H2,1H3,(H,18,20). The number of nitrogens with zero attached hydrogens (tertiary/aromatic N) is 1. The van der Waals surface area contributed by atoms with Crippen LogP contribution in [0.25, 0.3) is 0 Å². The topological polar surface area (TPSA) is 68.3 Å². The Morgan fingerprint density at radius 1 is 1.29 bits per heavy atom. The highest BCUT2D eigenvalue weighted by Gasteiger charge is 2.50. The van der Waals surface area contributed by atoms with E-state index in [9.17, 15) is 9.59 Å². The van der Waals surface area contributed by atoms with Crippen LogP contribution in [0.15, 0.2) is 48.8 Å². The summed E-state index contributed by atoms with van der Waals surface area (Å²) < 4.78 is 4.78. The predicted octanol–water partition coefficient (Wildman–Crippen LogP) is 1.88. The number of para-hydroxylation sites is 1. The molecule has 0 bridgehead atoms. The van der Waals surface area contributed by atoms with E-state index >= 15 is 0 Å². The molecule has 1 atom stereocenters. The van der Waals surface area contributed by atoms with Crippen LogP contribution in [0.2, 0.25) is 0 Å². The number of anilines is 1. The quantitative estimate of drug-likeness (QED) is 0.873. The van der Waals surface area contributed by atoms with E-state index in [1.54, 1.807) is 24.5 Å². The third-order valence-corrected chi connectivity index (χ3v) is 3.81. The van der Waals surface area contributed by atoms with Crippen molar-refractivity contribution in [3.63, 3.8) is 0 Å². The van der Waals surface area contributed by atoms with Gasteiger partial charge in [0.2, 0.25) is 5.91 Å². The second-order valence-electron chi connectivity index (χ2n) is 4.90. The van der Waals surface area contributed by atoms with Crippen molar-refractivity contribution in [1.29, 1.82) is 0 Å². The fourth-order valence-corrected chi connectivity index (χ4v) is 2.78. The summed E-state index contributed by atoms with van der Waals surface area (Å²) in [6, 6.07) is 10.9. The second-order valence-corrected chi connectivity index (χ2v) is 4.90. The molecule has 1 aromatic heterocycles. The maximum absolute atomic E-state index is 12.7. The second kappa shape index (κ2) is 5.01. The Morgan fingerprint density at radius 3 is 2.81 bits per heavy atom. The predicted molar refractivity (Wildman–Crippen MR) is 76.7 cm³/mol. The smallest absolute Gasteiger partial charge is 0.307 e. The summed E-state index contributed by atoms with van der Waals surface area (Å²) in [7, 11) is 1.32. The van der Waals surface area contributed by atoms with Crippen LogP contribution in [0.1, 0.15) is 17.5 Å². The number of nitrogens with one attached hydrogen (secondary N) is 1. The number of ether oxygens (including phenoxy) is 1. The van der Waals surface area contributed by atoms with E-state index in [1.807, 2.05) is 24.3 Å². The first-order valence-electron chi connectivity index (χ1n) is 6.57. The molecular weight excluding hydrogens is 268 g/mol. The highest BCUT2D eigenvalue weighted by molar-refractivity contribution is 6.10. The molecule has 0 radical (unpaired) electrons. The minimum atomic E-state index is -1.09. The number of esters is 1. The maximum Gasteiger partial charge on any atom is 0.307 e. The van der Waals surface area contributed by atoms with Gasteiger partial charge in [0.1, 0.15) is 5.41 Å². The molecule has 1 aliphatic heterocycles. The van der Waals surface area contributed by atoms with Crippen molar-refractivity contribution < 1.29 is 14.3 Å². The van der Waals surface area contributed by atoms with Crippen molar-refractivity contribution in [3.8, 4) is 0 Å². The monoisotopic (exact) mass is 282 g/mol. The van der Waals surface area contributed by atoms with Crippen LogP contribution in [-0.2, 0) is 19.7 Å². The molecule has 1 aromatic carbocycles. The number of amides is 1. The number of carbonyl (C=O) groups is 2. The molecule has 5 heteroatoms. The Morgan fingerprint density at radius 2 is 2.10 bits per heavy atom. The number of carbonyl (C=O) groups excluding carboxylic acids is 2. The number of hydrogen-bond donors (Lipinski definition) is 1. The zero-order valence-electron chi connectivity index (χ0n) is 11.5. The molecule has 0 saturated heterocycles. The average Bonchev–Trinajstić information content (AvgIpc) is 2.81. The van der Waals surface area contributed by atoms with Gasteiger partial charge in [-0.05, 0) is 23.3 Å². The van der Waals surface area contributed by atoms with Gasteiger partial charge in [-0.15, -0.1) is 0 Å². The first-order valence-corrected chi connectivity index (χ1v) is 6.57. The molecule has 2 aromatic rings. The third kappa shape index (κ3) is 1.98. The highest BCUT2D eigenvalue weighted by atomic mass is 16.5. The number of rotatable bonds is 3. The van der Waals surface area contributed by atoms with Gasteiger partial charge in [-0.2, -0.15) is 0 Å². The third-order valence-electron chi connectivity index (χ3n) is 3.81. The van der Waals surface area contributed by atoms with Crippen molar-refractivity contribution in [2.45, 2.75) is 11.8 Å². The van der Waals surface area contributed by atoms with E-state index < -0.39 is 11.4 Å². The van der Waals surface area contributed by atoms with Gasteiger partial charge in [-0.3, -0.25) is 14.6 Å². The Kier molecular flexibility index (Phi) is 3.17. The molecule has 3 rings (SSSR count). The molecule has 21 heavy (non-hydrogen) atoms. The van der Waals surface area contributed by atoms with E-state index in [0.717, 1.165) is 11.3 Å². The maximum atomic E-state index is 12.7. The van der Waals surface area contributed by atoms with Crippen LogP contribution in [0, 0.1) is 0 Å². The Labute approximate surface area is 122 Å². The van der Waals surface area contributed by atoms with E-state index in [0.29, 0.717) is 5.56 Å². The van der Waals surface area contributed by atoms with Crippen molar-refractivity contribution in [2.75, 3.05) is 12.4 Å². The molecule has 0 fully saturated rings. The van der Waals surface area contributed by atoms with Crippen LogP contribution >= 0.6 is 0 Å². The van der Waals surface area contributed by atoms with Gasteiger partial charge in [0.15, 0.2) is 0 Å². The van der Waals surface area contributed by atoms with Crippen LogP contribution in [0.4, 0.5) is 5.69 Å². The Balaban J connectivity index is 2.22.